The van der Waals surface area contributed by atoms with Crippen molar-refractivity contribution < 1.29 is 4.74 Å². The first-order chi connectivity index (χ1) is 10.9. The summed E-state index contributed by atoms with van der Waals surface area (Å²) in [5, 5.41) is 0. The van der Waals surface area contributed by atoms with Gasteiger partial charge in [-0.3, -0.25) is 0 Å². The minimum atomic E-state index is 0.347. The van der Waals surface area contributed by atoms with E-state index in [4.69, 9.17) is 10.5 Å². The van der Waals surface area contributed by atoms with Gasteiger partial charge in [0.05, 0.1) is 6.61 Å². The third-order valence-corrected chi connectivity index (χ3v) is 4.55. The smallest absolute Gasteiger partial charge is 0.125 e. The van der Waals surface area contributed by atoms with Crippen LogP contribution >= 0.6 is 0 Å². The molecule has 0 spiro atoms. The molecule has 0 fully saturated rings. The van der Waals surface area contributed by atoms with Crippen LogP contribution in [0.1, 0.15) is 45.7 Å². The van der Waals surface area contributed by atoms with Gasteiger partial charge in [-0.1, -0.05) is 35.9 Å². The third-order valence-electron chi connectivity index (χ3n) is 4.55. The molecule has 0 saturated heterocycles. The predicted octanol–water partition coefficient (Wildman–Crippen LogP) is 4.74. The van der Waals surface area contributed by atoms with Crippen molar-refractivity contribution in [2.24, 2.45) is 5.73 Å². The Labute approximate surface area is 140 Å². The van der Waals surface area contributed by atoms with Crippen LogP contribution in [0.3, 0.4) is 0 Å². The van der Waals surface area contributed by atoms with Gasteiger partial charge in [0, 0.05) is 0 Å². The summed E-state index contributed by atoms with van der Waals surface area (Å²) >= 11 is 0. The van der Waals surface area contributed by atoms with Crippen molar-refractivity contribution in [2.45, 2.75) is 47.0 Å². The van der Waals surface area contributed by atoms with Crippen LogP contribution in [-0.4, -0.2) is 13.2 Å². The number of para-hydroxylation sites is 1. The number of rotatable bonds is 6. The molecule has 0 aliphatic carbocycles. The predicted molar refractivity (Wildman–Crippen MR) is 98.5 cm³/mol. The second-order valence-electron chi connectivity index (χ2n) is 6.60. The molecule has 2 rings (SSSR count). The van der Waals surface area contributed by atoms with E-state index in [2.05, 4.69) is 65.0 Å². The summed E-state index contributed by atoms with van der Waals surface area (Å²) < 4.78 is 6.07. The highest BCUT2D eigenvalue weighted by Crippen LogP contribution is 2.28. The van der Waals surface area contributed by atoms with E-state index in [0.717, 1.165) is 12.2 Å². The number of hydrogen-bond donors (Lipinski definition) is 1. The van der Waals surface area contributed by atoms with Crippen LogP contribution in [0.15, 0.2) is 30.3 Å². The third kappa shape index (κ3) is 4.14. The van der Waals surface area contributed by atoms with Crippen molar-refractivity contribution in [3.05, 3.63) is 63.7 Å². The summed E-state index contributed by atoms with van der Waals surface area (Å²) in [6.45, 7) is 12.1. The molecule has 0 aliphatic heterocycles. The zero-order chi connectivity index (χ0) is 17.0. The number of aryl methyl sites for hydroxylation is 5. The van der Waals surface area contributed by atoms with E-state index in [9.17, 15) is 0 Å². The van der Waals surface area contributed by atoms with Gasteiger partial charge in [0.25, 0.3) is 0 Å². The molecule has 0 aliphatic rings. The lowest BCUT2D eigenvalue weighted by Crippen LogP contribution is -2.18. The highest BCUT2D eigenvalue weighted by Gasteiger charge is 2.16. The lowest BCUT2D eigenvalue weighted by atomic mass is 9.87. The summed E-state index contributed by atoms with van der Waals surface area (Å²) in [7, 11) is 0. The second kappa shape index (κ2) is 7.65. The maximum Gasteiger partial charge on any atom is 0.125 e. The van der Waals surface area contributed by atoms with Gasteiger partial charge in [-0.2, -0.15) is 0 Å². The Balaban J connectivity index is 2.09. The first-order valence-electron chi connectivity index (χ1n) is 8.40. The minimum Gasteiger partial charge on any atom is -0.493 e. The molecule has 0 saturated carbocycles. The second-order valence-corrected chi connectivity index (χ2v) is 6.60. The Hall–Kier alpha value is -1.80. The van der Waals surface area contributed by atoms with E-state index >= 15 is 0 Å². The Bertz CT molecular complexity index is 632. The number of nitrogens with two attached hydrogens (primary N) is 1. The van der Waals surface area contributed by atoms with Crippen molar-refractivity contribution in [3.63, 3.8) is 0 Å². The summed E-state index contributed by atoms with van der Waals surface area (Å²) in [6.07, 6.45) is 0.939. The molecule has 2 aromatic rings. The van der Waals surface area contributed by atoms with Crippen LogP contribution in [0.5, 0.6) is 5.75 Å². The Morgan fingerprint density at radius 1 is 0.913 bits per heavy atom. The molecule has 2 heteroatoms. The van der Waals surface area contributed by atoms with E-state index in [0.29, 0.717) is 19.1 Å². The zero-order valence-electron chi connectivity index (χ0n) is 15.1. The van der Waals surface area contributed by atoms with Crippen molar-refractivity contribution >= 4 is 0 Å². The highest BCUT2D eigenvalue weighted by atomic mass is 16.5. The van der Waals surface area contributed by atoms with E-state index < -0.39 is 0 Å². The van der Waals surface area contributed by atoms with Gasteiger partial charge in [-0.05, 0) is 81.3 Å². The SMILES string of the molecule is Cc1cc(C)c(C(CN)CCOc2c(C)cccc2C)c(C)c1. The number of ether oxygens (including phenoxy) is 1. The maximum atomic E-state index is 6.07. The number of hydrogen-bond acceptors (Lipinski definition) is 2. The molecule has 0 heterocycles. The molecule has 0 aromatic heterocycles. The highest BCUT2D eigenvalue weighted by molar-refractivity contribution is 5.41. The van der Waals surface area contributed by atoms with Gasteiger partial charge < -0.3 is 10.5 Å². The number of benzene rings is 2. The molecule has 2 aromatic carbocycles. The van der Waals surface area contributed by atoms with Crippen molar-refractivity contribution in [3.8, 4) is 5.75 Å². The minimum absolute atomic E-state index is 0.347. The van der Waals surface area contributed by atoms with E-state index in [1.54, 1.807) is 0 Å². The fraction of sp³-hybridized carbons (Fsp3) is 0.429. The molecule has 2 N–H and O–H groups in total. The summed E-state index contributed by atoms with van der Waals surface area (Å²) in [6, 6.07) is 10.8. The molecule has 1 unspecified atom stereocenters. The molecule has 2 nitrogen and oxygen atoms in total. The fourth-order valence-electron chi connectivity index (χ4n) is 3.55. The van der Waals surface area contributed by atoms with Crippen LogP contribution in [0, 0.1) is 34.6 Å². The van der Waals surface area contributed by atoms with Crippen LogP contribution in [0.25, 0.3) is 0 Å². The van der Waals surface area contributed by atoms with E-state index in [-0.39, 0.29) is 0 Å². The largest absolute Gasteiger partial charge is 0.493 e. The maximum absolute atomic E-state index is 6.07. The van der Waals surface area contributed by atoms with E-state index in [1.807, 2.05) is 0 Å². The zero-order valence-corrected chi connectivity index (χ0v) is 15.1. The van der Waals surface area contributed by atoms with Crippen LogP contribution < -0.4 is 10.5 Å². The van der Waals surface area contributed by atoms with Crippen molar-refractivity contribution in [1.29, 1.82) is 0 Å². The molecular weight excluding hydrogens is 282 g/mol. The van der Waals surface area contributed by atoms with Crippen LogP contribution in [0.2, 0.25) is 0 Å². The summed E-state index contributed by atoms with van der Waals surface area (Å²) in [4.78, 5) is 0. The van der Waals surface area contributed by atoms with Gasteiger partial charge in [0.2, 0.25) is 0 Å². The molecule has 0 radical (unpaired) electrons. The normalized spacial score (nSPS) is 12.3. The first kappa shape index (κ1) is 17.6. The Morgan fingerprint density at radius 2 is 1.48 bits per heavy atom. The van der Waals surface area contributed by atoms with E-state index in [1.165, 1.54) is 33.4 Å². The van der Waals surface area contributed by atoms with Gasteiger partial charge >= 0.3 is 0 Å². The molecule has 0 bridgehead atoms. The van der Waals surface area contributed by atoms with Crippen LogP contribution in [-0.2, 0) is 0 Å². The molecular formula is C21H29NO. The van der Waals surface area contributed by atoms with Gasteiger partial charge in [0.1, 0.15) is 5.75 Å². The van der Waals surface area contributed by atoms with Crippen molar-refractivity contribution in [2.75, 3.05) is 13.2 Å². The first-order valence-corrected chi connectivity index (χ1v) is 8.40. The Kier molecular flexibility index (Phi) is 5.84. The average Bonchev–Trinajstić information content (AvgIpc) is 2.47. The molecule has 124 valence electrons. The fourth-order valence-corrected chi connectivity index (χ4v) is 3.55. The lowest BCUT2D eigenvalue weighted by Gasteiger charge is -2.21. The topological polar surface area (TPSA) is 35.2 Å². The Morgan fingerprint density at radius 3 is 2.00 bits per heavy atom. The summed E-state index contributed by atoms with van der Waals surface area (Å²) in [5.74, 6) is 1.36. The average molecular weight is 311 g/mol. The standard InChI is InChI=1S/C21H29NO/c1-14-11-17(4)20(18(5)12-14)19(13-22)9-10-23-21-15(2)7-6-8-16(21)3/h6-8,11-12,19H,9-10,13,22H2,1-5H3. The molecule has 23 heavy (non-hydrogen) atoms. The van der Waals surface area contributed by atoms with Crippen molar-refractivity contribution in [1.82, 2.24) is 0 Å². The van der Waals surface area contributed by atoms with Crippen LogP contribution in [0.4, 0.5) is 0 Å². The monoisotopic (exact) mass is 311 g/mol. The lowest BCUT2D eigenvalue weighted by molar-refractivity contribution is 0.294. The van der Waals surface area contributed by atoms with Gasteiger partial charge in [-0.25, -0.2) is 0 Å². The molecule has 0 amide bonds. The molecule has 1 atom stereocenters. The van der Waals surface area contributed by atoms with Gasteiger partial charge in [-0.15, -0.1) is 0 Å². The van der Waals surface area contributed by atoms with Gasteiger partial charge in [0.15, 0.2) is 0 Å². The quantitative estimate of drug-likeness (QED) is 0.836. The summed E-state index contributed by atoms with van der Waals surface area (Å²) in [5.41, 5.74) is 13.8.